The minimum atomic E-state index is 0.209. The first-order valence-electron chi connectivity index (χ1n) is 5.01. The van der Waals surface area contributed by atoms with E-state index in [0.29, 0.717) is 6.61 Å². The molecule has 1 aliphatic rings. The molecule has 15 heavy (non-hydrogen) atoms. The van der Waals surface area contributed by atoms with Crippen LogP contribution in [0.5, 0.6) is 5.75 Å². The highest BCUT2D eigenvalue weighted by molar-refractivity contribution is 9.11. The van der Waals surface area contributed by atoms with Crippen molar-refractivity contribution in [2.24, 2.45) is 5.73 Å². The molecule has 1 atom stereocenters. The predicted octanol–water partition coefficient (Wildman–Crippen LogP) is 2.92. The van der Waals surface area contributed by atoms with Crippen LogP contribution in [0.15, 0.2) is 29.3 Å². The van der Waals surface area contributed by atoms with E-state index in [1.54, 1.807) is 0 Å². The molecule has 1 aromatic carbocycles. The second kappa shape index (κ2) is 4.37. The molecule has 0 fully saturated rings. The van der Waals surface area contributed by atoms with Crippen molar-refractivity contribution in [1.82, 2.24) is 0 Å². The smallest absolute Gasteiger partial charge is 0.120 e. The number of ether oxygens (including phenoxy) is 1. The third-order valence-corrected chi connectivity index (χ3v) is 2.86. The number of hydrogen-bond acceptors (Lipinski definition) is 2. The summed E-state index contributed by atoms with van der Waals surface area (Å²) in [7, 11) is 0. The molecule has 80 valence electrons. The van der Waals surface area contributed by atoms with Crippen LogP contribution in [0.4, 0.5) is 0 Å². The third-order valence-electron chi connectivity index (χ3n) is 2.63. The number of fused-ring (bicyclic) bond motifs is 1. The summed E-state index contributed by atoms with van der Waals surface area (Å²) < 4.78 is 6.39. The van der Waals surface area contributed by atoms with Gasteiger partial charge >= 0.3 is 0 Å². The van der Waals surface area contributed by atoms with Crippen molar-refractivity contribution in [3.8, 4) is 5.75 Å². The molecule has 0 unspecified atom stereocenters. The molecule has 0 spiro atoms. The van der Waals surface area contributed by atoms with E-state index in [1.807, 2.05) is 6.07 Å². The highest BCUT2D eigenvalue weighted by Gasteiger charge is 2.18. The van der Waals surface area contributed by atoms with Crippen LogP contribution in [0.1, 0.15) is 23.6 Å². The van der Waals surface area contributed by atoms with E-state index in [-0.39, 0.29) is 6.04 Å². The van der Waals surface area contributed by atoms with E-state index < -0.39 is 0 Å². The Labute approximate surface area is 98.2 Å². The quantitative estimate of drug-likeness (QED) is 0.914. The summed E-state index contributed by atoms with van der Waals surface area (Å²) in [6.07, 6.45) is 2.10. The molecule has 0 aromatic heterocycles. The van der Waals surface area contributed by atoms with E-state index in [4.69, 9.17) is 10.5 Å². The second-order valence-corrected chi connectivity index (χ2v) is 4.93. The Kier molecular flexibility index (Phi) is 3.12. The molecule has 0 bridgehead atoms. The van der Waals surface area contributed by atoms with E-state index >= 15 is 0 Å². The summed E-state index contributed by atoms with van der Waals surface area (Å²) in [5, 5.41) is 0. The molecule has 2 rings (SSSR count). The number of rotatable bonds is 3. The lowest BCUT2D eigenvalue weighted by Crippen LogP contribution is -2.05. The number of hydrogen-bond donors (Lipinski definition) is 1. The maximum absolute atomic E-state index is 5.96. The highest BCUT2D eigenvalue weighted by atomic mass is 79.9. The molecule has 3 heteroatoms. The largest absolute Gasteiger partial charge is 0.488 e. The lowest BCUT2D eigenvalue weighted by molar-refractivity contribution is 0.360. The maximum Gasteiger partial charge on any atom is 0.120 e. The molecule has 0 amide bonds. The van der Waals surface area contributed by atoms with E-state index in [9.17, 15) is 0 Å². The van der Waals surface area contributed by atoms with Gasteiger partial charge in [-0.05, 0) is 36.1 Å². The van der Waals surface area contributed by atoms with Crippen molar-refractivity contribution in [3.05, 3.63) is 40.4 Å². The predicted molar refractivity (Wildman–Crippen MR) is 65.3 cm³/mol. The normalized spacial score (nSPS) is 18.7. The Hall–Kier alpha value is -0.800. The standard InChI is InChI=1S/C12H14BrNO/c1-8(13)7-15-10-3-4-11-9(6-10)2-5-12(11)14/h3-4,6,12H,1-2,5,7,14H2/t12-/m0/s1. The number of halogens is 1. The van der Waals surface area contributed by atoms with Gasteiger partial charge in [0, 0.05) is 10.5 Å². The van der Waals surface area contributed by atoms with Gasteiger partial charge in [-0.1, -0.05) is 28.6 Å². The Morgan fingerprint density at radius 1 is 1.60 bits per heavy atom. The van der Waals surface area contributed by atoms with Crippen molar-refractivity contribution >= 4 is 15.9 Å². The van der Waals surface area contributed by atoms with Crippen LogP contribution in [0.25, 0.3) is 0 Å². The zero-order chi connectivity index (χ0) is 10.8. The zero-order valence-electron chi connectivity index (χ0n) is 8.50. The van der Waals surface area contributed by atoms with Crippen LogP contribution in [-0.2, 0) is 6.42 Å². The van der Waals surface area contributed by atoms with Crippen molar-refractivity contribution in [1.29, 1.82) is 0 Å². The Morgan fingerprint density at radius 2 is 2.40 bits per heavy atom. The summed E-state index contributed by atoms with van der Waals surface area (Å²) in [5.41, 5.74) is 8.54. The van der Waals surface area contributed by atoms with E-state index in [0.717, 1.165) is 23.1 Å². The van der Waals surface area contributed by atoms with Gasteiger partial charge in [0.05, 0.1) is 0 Å². The van der Waals surface area contributed by atoms with Gasteiger partial charge in [-0.25, -0.2) is 0 Å². The monoisotopic (exact) mass is 267 g/mol. The first kappa shape index (κ1) is 10.7. The molecular weight excluding hydrogens is 254 g/mol. The Morgan fingerprint density at radius 3 is 3.13 bits per heavy atom. The third kappa shape index (κ3) is 2.41. The van der Waals surface area contributed by atoms with Gasteiger partial charge in [-0.15, -0.1) is 0 Å². The van der Waals surface area contributed by atoms with Gasteiger partial charge in [0.1, 0.15) is 12.4 Å². The summed E-state index contributed by atoms with van der Waals surface area (Å²) in [6, 6.07) is 6.33. The van der Waals surface area contributed by atoms with Gasteiger partial charge in [-0.3, -0.25) is 0 Å². The molecule has 0 heterocycles. The zero-order valence-corrected chi connectivity index (χ0v) is 10.1. The van der Waals surface area contributed by atoms with Crippen LogP contribution in [0.2, 0.25) is 0 Å². The fraction of sp³-hybridized carbons (Fsp3) is 0.333. The highest BCUT2D eigenvalue weighted by Crippen LogP contribution is 2.31. The van der Waals surface area contributed by atoms with Gasteiger partial charge in [0.25, 0.3) is 0 Å². The molecule has 0 saturated carbocycles. The molecule has 0 radical (unpaired) electrons. The van der Waals surface area contributed by atoms with Crippen LogP contribution in [-0.4, -0.2) is 6.61 Å². The van der Waals surface area contributed by atoms with Gasteiger partial charge < -0.3 is 10.5 Å². The minimum Gasteiger partial charge on any atom is -0.488 e. The first-order valence-corrected chi connectivity index (χ1v) is 5.80. The molecule has 0 saturated heterocycles. The second-order valence-electron chi connectivity index (χ2n) is 3.81. The molecule has 2 nitrogen and oxygen atoms in total. The van der Waals surface area contributed by atoms with Gasteiger partial charge in [0.2, 0.25) is 0 Å². The fourth-order valence-electron chi connectivity index (χ4n) is 1.88. The van der Waals surface area contributed by atoms with E-state index in [2.05, 4.69) is 34.6 Å². The van der Waals surface area contributed by atoms with Gasteiger partial charge in [-0.2, -0.15) is 0 Å². The van der Waals surface area contributed by atoms with Crippen LogP contribution in [0, 0.1) is 0 Å². The molecule has 1 aromatic rings. The summed E-state index contributed by atoms with van der Waals surface area (Å²) in [6.45, 7) is 4.23. The van der Waals surface area contributed by atoms with Crippen LogP contribution < -0.4 is 10.5 Å². The van der Waals surface area contributed by atoms with Crippen molar-refractivity contribution in [2.75, 3.05) is 6.61 Å². The Bertz CT molecular complexity index is 389. The summed E-state index contributed by atoms with van der Waals surface area (Å²) in [4.78, 5) is 0. The Balaban J connectivity index is 2.12. The van der Waals surface area contributed by atoms with Crippen molar-refractivity contribution in [3.63, 3.8) is 0 Å². The van der Waals surface area contributed by atoms with Gasteiger partial charge in [0.15, 0.2) is 0 Å². The topological polar surface area (TPSA) is 35.2 Å². The van der Waals surface area contributed by atoms with Crippen LogP contribution >= 0.6 is 15.9 Å². The first-order chi connectivity index (χ1) is 7.16. The molecule has 0 aliphatic heterocycles. The molecular formula is C12H14BrNO. The summed E-state index contributed by atoms with van der Waals surface area (Å²) in [5.74, 6) is 0.892. The SMILES string of the molecule is C=C(Br)COc1ccc2c(c1)CC[C@@H]2N. The van der Waals surface area contributed by atoms with Crippen molar-refractivity contribution < 1.29 is 4.74 Å². The average molecular weight is 268 g/mol. The lowest BCUT2D eigenvalue weighted by Gasteiger charge is -2.08. The average Bonchev–Trinajstić information content (AvgIpc) is 2.57. The van der Waals surface area contributed by atoms with E-state index in [1.165, 1.54) is 11.1 Å². The lowest BCUT2D eigenvalue weighted by atomic mass is 10.1. The van der Waals surface area contributed by atoms with Crippen LogP contribution in [0.3, 0.4) is 0 Å². The maximum atomic E-state index is 5.96. The fourth-order valence-corrected chi connectivity index (χ4v) is 1.99. The molecule has 1 aliphatic carbocycles. The number of benzene rings is 1. The number of nitrogens with two attached hydrogens (primary N) is 1. The van der Waals surface area contributed by atoms with Crippen molar-refractivity contribution in [2.45, 2.75) is 18.9 Å². The summed E-state index contributed by atoms with van der Waals surface area (Å²) >= 11 is 3.26. The molecule has 2 N–H and O–H groups in total. The number of aryl methyl sites for hydroxylation is 1. The minimum absolute atomic E-state index is 0.209.